The maximum atomic E-state index is 12.2. The van der Waals surface area contributed by atoms with E-state index in [1.54, 1.807) is 6.07 Å². The number of hydrogen-bond donors (Lipinski definition) is 2. The number of ether oxygens (including phenoxy) is 1. The van der Waals surface area contributed by atoms with Gasteiger partial charge in [-0.15, -0.1) is 13.2 Å². The SMILES string of the molecule is NCCNC(=O)CCc1ccccc1OC(F)(F)F. The molecule has 19 heavy (non-hydrogen) atoms. The van der Waals surface area contributed by atoms with Gasteiger partial charge in [-0.2, -0.15) is 0 Å². The zero-order chi connectivity index (χ0) is 14.3. The van der Waals surface area contributed by atoms with Gasteiger partial charge in [0.15, 0.2) is 0 Å². The highest BCUT2D eigenvalue weighted by Gasteiger charge is 2.31. The van der Waals surface area contributed by atoms with E-state index in [9.17, 15) is 18.0 Å². The molecule has 0 saturated heterocycles. The lowest BCUT2D eigenvalue weighted by atomic mass is 10.1. The molecule has 0 unspecified atom stereocenters. The van der Waals surface area contributed by atoms with E-state index in [4.69, 9.17) is 5.73 Å². The van der Waals surface area contributed by atoms with Crippen LogP contribution in [-0.2, 0) is 11.2 Å². The summed E-state index contributed by atoms with van der Waals surface area (Å²) in [5, 5.41) is 2.54. The van der Waals surface area contributed by atoms with Gasteiger partial charge in [-0.1, -0.05) is 18.2 Å². The Morgan fingerprint density at radius 3 is 2.63 bits per heavy atom. The Morgan fingerprint density at radius 2 is 2.00 bits per heavy atom. The van der Waals surface area contributed by atoms with Crippen LogP contribution < -0.4 is 15.8 Å². The van der Waals surface area contributed by atoms with Crippen LogP contribution >= 0.6 is 0 Å². The van der Waals surface area contributed by atoms with Crippen LogP contribution in [0.1, 0.15) is 12.0 Å². The minimum atomic E-state index is -4.74. The van der Waals surface area contributed by atoms with Gasteiger partial charge in [0, 0.05) is 19.5 Å². The molecule has 0 fully saturated rings. The van der Waals surface area contributed by atoms with Crippen molar-refractivity contribution in [3.8, 4) is 5.75 Å². The molecule has 0 aliphatic carbocycles. The van der Waals surface area contributed by atoms with E-state index >= 15 is 0 Å². The first-order valence-electron chi connectivity index (χ1n) is 5.73. The molecule has 0 aliphatic heterocycles. The third kappa shape index (κ3) is 6.10. The third-order valence-electron chi connectivity index (χ3n) is 2.29. The largest absolute Gasteiger partial charge is 0.573 e. The van der Waals surface area contributed by atoms with Gasteiger partial charge in [0.25, 0.3) is 0 Å². The molecule has 3 N–H and O–H groups in total. The summed E-state index contributed by atoms with van der Waals surface area (Å²) in [4.78, 5) is 11.3. The molecular formula is C12H15F3N2O2. The number of aryl methyl sites for hydroxylation is 1. The summed E-state index contributed by atoms with van der Waals surface area (Å²) in [6, 6.07) is 5.76. The smallest absolute Gasteiger partial charge is 0.406 e. The van der Waals surface area contributed by atoms with Crippen LogP contribution in [0.25, 0.3) is 0 Å². The molecule has 0 radical (unpaired) electrons. The molecule has 0 spiro atoms. The Balaban J connectivity index is 2.60. The van der Waals surface area contributed by atoms with Gasteiger partial charge >= 0.3 is 6.36 Å². The second kappa shape index (κ2) is 6.98. The van der Waals surface area contributed by atoms with Gasteiger partial charge in [0.1, 0.15) is 5.75 Å². The predicted molar refractivity (Wildman–Crippen MR) is 63.5 cm³/mol. The van der Waals surface area contributed by atoms with Crippen molar-refractivity contribution in [1.29, 1.82) is 0 Å². The summed E-state index contributed by atoms with van der Waals surface area (Å²) < 4.78 is 40.4. The van der Waals surface area contributed by atoms with Crippen molar-refractivity contribution in [3.05, 3.63) is 29.8 Å². The highest BCUT2D eigenvalue weighted by Crippen LogP contribution is 2.26. The molecular weight excluding hydrogens is 261 g/mol. The number of carbonyl (C=O) groups excluding carboxylic acids is 1. The number of alkyl halides is 3. The van der Waals surface area contributed by atoms with E-state index in [-0.39, 0.29) is 24.5 Å². The molecule has 1 aromatic rings. The van der Waals surface area contributed by atoms with E-state index in [0.717, 1.165) is 0 Å². The van der Waals surface area contributed by atoms with Crippen molar-refractivity contribution in [2.45, 2.75) is 19.2 Å². The number of hydrogen-bond acceptors (Lipinski definition) is 3. The van der Waals surface area contributed by atoms with E-state index in [1.807, 2.05) is 0 Å². The molecule has 0 aromatic heterocycles. The van der Waals surface area contributed by atoms with E-state index < -0.39 is 6.36 Å². The lowest BCUT2D eigenvalue weighted by Crippen LogP contribution is -2.29. The van der Waals surface area contributed by atoms with Crippen LogP contribution in [0.3, 0.4) is 0 Å². The Morgan fingerprint density at radius 1 is 1.32 bits per heavy atom. The summed E-state index contributed by atoms with van der Waals surface area (Å²) in [7, 11) is 0. The number of amides is 1. The minimum Gasteiger partial charge on any atom is -0.406 e. The number of para-hydroxylation sites is 1. The summed E-state index contributed by atoms with van der Waals surface area (Å²) in [5.41, 5.74) is 5.55. The highest BCUT2D eigenvalue weighted by atomic mass is 19.4. The highest BCUT2D eigenvalue weighted by molar-refractivity contribution is 5.76. The normalized spacial score (nSPS) is 11.2. The number of carbonyl (C=O) groups is 1. The van der Waals surface area contributed by atoms with Crippen molar-refractivity contribution in [2.24, 2.45) is 5.73 Å². The van der Waals surface area contributed by atoms with Crippen molar-refractivity contribution in [1.82, 2.24) is 5.32 Å². The maximum absolute atomic E-state index is 12.2. The molecule has 0 aliphatic rings. The molecule has 7 heteroatoms. The van der Waals surface area contributed by atoms with Crippen LogP contribution in [0, 0.1) is 0 Å². The average Bonchev–Trinajstić information content (AvgIpc) is 2.33. The predicted octanol–water partition coefficient (Wildman–Crippen LogP) is 1.59. The maximum Gasteiger partial charge on any atom is 0.573 e. The fraction of sp³-hybridized carbons (Fsp3) is 0.417. The van der Waals surface area contributed by atoms with Crippen molar-refractivity contribution < 1.29 is 22.7 Å². The molecule has 0 bridgehead atoms. The first-order chi connectivity index (χ1) is 8.92. The molecule has 1 aromatic carbocycles. The first-order valence-corrected chi connectivity index (χ1v) is 5.73. The second-order valence-electron chi connectivity index (χ2n) is 3.79. The zero-order valence-electron chi connectivity index (χ0n) is 10.2. The van der Waals surface area contributed by atoms with Crippen LogP contribution in [0.4, 0.5) is 13.2 Å². The van der Waals surface area contributed by atoms with Gasteiger partial charge in [-0.25, -0.2) is 0 Å². The Kier molecular flexibility index (Phi) is 5.62. The number of benzene rings is 1. The molecule has 4 nitrogen and oxygen atoms in total. The van der Waals surface area contributed by atoms with E-state index in [0.29, 0.717) is 18.7 Å². The van der Waals surface area contributed by atoms with Crippen LogP contribution in [0.2, 0.25) is 0 Å². The minimum absolute atomic E-state index is 0.0816. The summed E-state index contributed by atoms with van der Waals surface area (Å²) in [5.74, 6) is -0.533. The fourth-order valence-electron chi connectivity index (χ4n) is 1.48. The standard InChI is InChI=1S/C12H15F3N2O2/c13-12(14,15)19-10-4-2-1-3-9(10)5-6-11(18)17-8-7-16/h1-4H,5-8,16H2,(H,17,18). The first kappa shape index (κ1) is 15.3. The molecule has 0 atom stereocenters. The van der Waals surface area contributed by atoms with Gasteiger partial charge in [-0.05, 0) is 18.1 Å². The molecule has 0 heterocycles. The van der Waals surface area contributed by atoms with Crippen LogP contribution in [0.15, 0.2) is 24.3 Å². The van der Waals surface area contributed by atoms with Crippen LogP contribution in [0.5, 0.6) is 5.75 Å². The monoisotopic (exact) mass is 276 g/mol. The van der Waals surface area contributed by atoms with Gasteiger partial charge in [-0.3, -0.25) is 4.79 Å². The van der Waals surface area contributed by atoms with Gasteiger partial charge < -0.3 is 15.8 Å². The Hall–Kier alpha value is -1.76. The second-order valence-corrected chi connectivity index (χ2v) is 3.79. The molecule has 0 saturated carbocycles. The topological polar surface area (TPSA) is 64.3 Å². The van der Waals surface area contributed by atoms with Crippen molar-refractivity contribution >= 4 is 5.91 Å². The number of rotatable bonds is 6. The fourth-order valence-corrected chi connectivity index (χ4v) is 1.48. The molecule has 1 amide bonds. The van der Waals surface area contributed by atoms with Crippen LogP contribution in [-0.4, -0.2) is 25.4 Å². The van der Waals surface area contributed by atoms with Crippen molar-refractivity contribution in [3.63, 3.8) is 0 Å². The summed E-state index contributed by atoms with van der Waals surface area (Å²) in [6.07, 6.45) is -4.49. The molecule has 106 valence electrons. The van der Waals surface area contributed by atoms with E-state index in [2.05, 4.69) is 10.1 Å². The lowest BCUT2D eigenvalue weighted by molar-refractivity contribution is -0.274. The Bertz CT molecular complexity index is 422. The number of nitrogens with one attached hydrogen (secondary N) is 1. The summed E-state index contributed by atoms with van der Waals surface area (Å²) in [6.45, 7) is 0.666. The number of halogens is 3. The van der Waals surface area contributed by atoms with E-state index in [1.165, 1.54) is 18.2 Å². The molecule has 1 rings (SSSR count). The summed E-state index contributed by atoms with van der Waals surface area (Å²) >= 11 is 0. The Labute approximate surface area is 108 Å². The van der Waals surface area contributed by atoms with Gasteiger partial charge in [0.2, 0.25) is 5.91 Å². The average molecular weight is 276 g/mol. The zero-order valence-corrected chi connectivity index (χ0v) is 10.2. The van der Waals surface area contributed by atoms with Gasteiger partial charge in [0.05, 0.1) is 0 Å². The van der Waals surface area contributed by atoms with Crippen molar-refractivity contribution in [2.75, 3.05) is 13.1 Å². The third-order valence-corrected chi connectivity index (χ3v) is 2.29. The quantitative estimate of drug-likeness (QED) is 0.829. The lowest BCUT2D eigenvalue weighted by Gasteiger charge is -2.13. The number of nitrogens with two attached hydrogens (primary N) is 1.